The zero-order valence-corrected chi connectivity index (χ0v) is 15.3. The number of carboxylic acids is 1. The lowest BCUT2D eigenvalue weighted by atomic mass is 10.1. The highest BCUT2D eigenvalue weighted by Crippen LogP contribution is 2.30. The predicted molar refractivity (Wildman–Crippen MR) is 94.7 cm³/mol. The minimum Gasteiger partial charge on any atom is -0.481 e. The Hall–Kier alpha value is -2.05. The number of amides is 1. The Morgan fingerprint density at radius 3 is 2.72 bits per heavy atom. The van der Waals surface area contributed by atoms with Crippen molar-refractivity contribution >= 4 is 35.1 Å². The molecule has 0 saturated carbocycles. The number of rotatable bonds is 7. The van der Waals surface area contributed by atoms with Gasteiger partial charge in [-0.05, 0) is 18.2 Å². The van der Waals surface area contributed by atoms with Gasteiger partial charge in [-0.2, -0.15) is 0 Å². The SMILES string of the molecule is CC(CN(C)C(=O)CCc1ncc(-c2ccc(Cl)cc2Cl)o1)C(=O)O. The number of aryl methyl sites for hydroxylation is 1. The fourth-order valence-corrected chi connectivity index (χ4v) is 2.74. The van der Waals surface area contributed by atoms with Gasteiger partial charge in [0.1, 0.15) is 0 Å². The molecular weight excluding hydrogens is 367 g/mol. The molecule has 25 heavy (non-hydrogen) atoms. The Bertz CT molecular complexity index is 776. The van der Waals surface area contributed by atoms with Crippen molar-refractivity contribution in [1.82, 2.24) is 9.88 Å². The lowest BCUT2D eigenvalue weighted by molar-refractivity contribution is -0.142. The Labute approximate surface area is 155 Å². The van der Waals surface area contributed by atoms with Crippen molar-refractivity contribution in [2.75, 3.05) is 13.6 Å². The summed E-state index contributed by atoms with van der Waals surface area (Å²) in [5, 5.41) is 9.87. The highest BCUT2D eigenvalue weighted by molar-refractivity contribution is 6.36. The van der Waals surface area contributed by atoms with Crippen LogP contribution in [-0.2, 0) is 16.0 Å². The summed E-state index contributed by atoms with van der Waals surface area (Å²) >= 11 is 12.0. The van der Waals surface area contributed by atoms with Gasteiger partial charge in [-0.25, -0.2) is 4.98 Å². The molecule has 1 N–H and O–H groups in total. The van der Waals surface area contributed by atoms with Crippen LogP contribution in [0.1, 0.15) is 19.2 Å². The van der Waals surface area contributed by atoms with Crippen LogP contribution in [-0.4, -0.2) is 40.5 Å². The number of hydrogen-bond acceptors (Lipinski definition) is 4. The van der Waals surface area contributed by atoms with Gasteiger partial charge >= 0.3 is 5.97 Å². The summed E-state index contributed by atoms with van der Waals surface area (Å²) in [4.78, 5) is 28.5. The molecule has 1 unspecified atom stereocenters. The fraction of sp³-hybridized carbons (Fsp3) is 0.353. The van der Waals surface area contributed by atoms with Crippen molar-refractivity contribution in [2.24, 2.45) is 5.92 Å². The van der Waals surface area contributed by atoms with E-state index in [1.165, 1.54) is 4.90 Å². The Morgan fingerprint density at radius 2 is 2.08 bits per heavy atom. The topological polar surface area (TPSA) is 83.6 Å². The maximum Gasteiger partial charge on any atom is 0.308 e. The number of halogens is 2. The van der Waals surface area contributed by atoms with E-state index < -0.39 is 11.9 Å². The molecule has 1 atom stereocenters. The van der Waals surface area contributed by atoms with Crippen LogP contribution < -0.4 is 0 Å². The molecule has 0 fully saturated rings. The fourth-order valence-electron chi connectivity index (χ4n) is 2.24. The molecule has 2 rings (SSSR count). The van der Waals surface area contributed by atoms with E-state index in [0.717, 1.165) is 0 Å². The van der Waals surface area contributed by atoms with Gasteiger partial charge in [-0.3, -0.25) is 9.59 Å². The van der Waals surface area contributed by atoms with E-state index in [1.807, 2.05) is 0 Å². The van der Waals surface area contributed by atoms with Crippen molar-refractivity contribution < 1.29 is 19.1 Å². The van der Waals surface area contributed by atoms with Crippen LogP contribution in [0.5, 0.6) is 0 Å². The highest BCUT2D eigenvalue weighted by Gasteiger charge is 2.18. The van der Waals surface area contributed by atoms with Crippen LogP contribution in [0.2, 0.25) is 10.0 Å². The molecule has 134 valence electrons. The minimum atomic E-state index is -0.933. The molecule has 0 bridgehead atoms. The van der Waals surface area contributed by atoms with Crippen LogP contribution in [0.25, 0.3) is 11.3 Å². The second-order valence-electron chi connectivity index (χ2n) is 5.76. The zero-order chi connectivity index (χ0) is 18.6. The average molecular weight is 385 g/mol. The van der Waals surface area contributed by atoms with Gasteiger partial charge in [0, 0.05) is 37.0 Å². The highest BCUT2D eigenvalue weighted by atomic mass is 35.5. The number of carboxylic acid groups (broad SMARTS) is 1. The molecular formula is C17H18Cl2N2O4. The lowest BCUT2D eigenvalue weighted by Gasteiger charge is -2.19. The second kappa shape index (κ2) is 8.36. The molecule has 0 spiro atoms. The smallest absolute Gasteiger partial charge is 0.308 e. The number of aliphatic carboxylic acids is 1. The summed E-state index contributed by atoms with van der Waals surface area (Å²) in [5.41, 5.74) is 0.670. The average Bonchev–Trinajstić information content (AvgIpc) is 3.00. The van der Waals surface area contributed by atoms with Gasteiger partial charge in [0.25, 0.3) is 0 Å². The maximum absolute atomic E-state index is 12.1. The summed E-state index contributed by atoms with van der Waals surface area (Å²) in [6, 6.07) is 5.05. The predicted octanol–water partition coefficient (Wildman–Crippen LogP) is 3.76. The molecule has 0 saturated heterocycles. The molecule has 8 heteroatoms. The molecule has 1 aromatic heterocycles. The summed E-state index contributed by atoms with van der Waals surface area (Å²) in [6.45, 7) is 1.72. The van der Waals surface area contributed by atoms with Crippen molar-refractivity contribution in [3.63, 3.8) is 0 Å². The van der Waals surface area contributed by atoms with Crippen LogP contribution >= 0.6 is 23.2 Å². The van der Waals surface area contributed by atoms with Crippen molar-refractivity contribution in [2.45, 2.75) is 19.8 Å². The third kappa shape index (κ3) is 5.21. The van der Waals surface area contributed by atoms with Gasteiger partial charge in [0.2, 0.25) is 5.91 Å². The number of benzene rings is 1. The van der Waals surface area contributed by atoms with Crippen molar-refractivity contribution in [3.8, 4) is 11.3 Å². The van der Waals surface area contributed by atoms with Crippen LogP contribution in [0.15, 0.2) is 28.8 Å². The number of carbonyl (C=O) groups is 2. The molecule has 0 aliphatic carbocycles. The third-order valence-electron chi connectivity index (χ3n) is 3.70. The van der Waals surface area contributed by atoms with Crippen LogP contribution in [0.3, 0.4) is 0 Å². The molecule has 1 amide bonds. The quantitative estimate of drug-likeness (QED) is 0.785. The molecule has 0 aliphatic rings. The molecule has 0 radical (unpaired) electrons. The van der Waals surface area contributed by atoms with Crippen molar-refractivity contribution in [1.29, 1.82) is 0 Å². The summed E-state index contributed by atoms with van der Waals surface area (Å²) < 4.78 is 5.64. The van der Waals surface area contributed by atoms with E-state index in [-0.39, 0.29) is 18.9 Å². The number of nitrogens with zero attached hydrogens (tertiary/aromatic N) is 2. The monoisotopic (exact) mass is 384 g/mol. The summed E-state index contributed by atoms with van der Waals surface area (Å²) in [5.74, 6) is -0.811. The first kappa shape index (κ1) is 19.3. The zero-order valence-electron chi connectivity index (χ0n) is 13.8. The number of aromatic nitrogens is 1. The Balaban J connectivity index is 1.95. The first-order valence-electron chi connectivity index (χ1n) is 7.65. The maximum atomic E-state index is 12.1. The largest absolute Gasteiger partial charge is 0.481 e. The standard InChI is InChI=1S/C17H18Cl2N2O4/c1-10(17(23)24)9-21(2)16(22)6-5-15-20-8-14(25-15)12-4-3-11(18)7-13(12)19/h3-4,7-8,10H,5-6,9H2,1-2H3,(H,23,24). The Morgan fingerprint density at radius 1 is 1.36 bits per heavy atom. The van der Waals surface area contributed by atoms with Gasteiger partial charge in [-0.1, -0.05) is 30.1 Å². The number of oxazole rings is 1. The minimum absolute atomic E-state index is 0.158. The van der Waals surface area contributed by atoms with Gasteiger partial charge in [0.15, 0.2) is 11.7 Å². The third-order valence-corrected chi connectivity index (χ3v) is 4.25. The van der Waals surface area contributed by atoms with Crippen molar-refractivity contribution in [3.05, 3.63) is 40.3 Å². The molecule has 6 nitrogen and oxygen atoms in total. The number of hydrogen-bond donors (Lipinski definition) is 1. The molecule has 1 heterocycles. The van der Waals surface area contributed by atoms with Gasteiger partial charge < -0.3 is 14.4 Å². The Kier molecular flexibility index (Phi) is 6.45. The van der Waals surface area contributed by atoms with Gasteiger partial charge in [0.05, 0.1) is 17.1 Å². The summed E-state index contributed by atoms with van der Waals surface area (Å²) in [6.07, 6.45) is 2.04. The molecule has 2 aromatic rings. The van der Waals surface area contributed by atoms with Crippen LogP contribution in [0.4, 0.5) is 0 Å². The lowest BCUT2D eigenvalue weighted by Crippen LogP contribution is -2.33. The van der Waals surface area contributed by atoms with E-state index in [0.29, 0.717) is 33.7 Å². The van der Waals surface area contributed by atoms with E-state index in [4.69, 9.17) is 32.7 Å². The normalized spacial score (nSPS) is 12.0. The summed E-state index contributed by atoms with van der Waals surface area (Å²) in [7, 11) is 1.58. The first-order valence-corrected chi connectivity index (χ1v) is 8.40. The van der Waals surface area contributed by atoms with Crippen LogP contribution in [0, 0.1) is 5.92 Å². The van der Waals surface area contributed by atoms with E-state index in [2.05, 4.69) is 4.98 Å². The van der Waals surface area contributed by atoms with E-state index in [9.17, 15) is 9.59 Å². The van der Waals surface area contributed by atoms with E-state index in [1.54, 1.807) is 38.4 Å². The molecule has 0 aliphatic heterocycles. The van der Waals surface area contributed by atoms with E-state index >= 15 is 0 Å². The molecule has 1 aromatic carbocycles. The first-order chi connectivity index (χ1) is 11.8. The second-order valence-corrected chi connectivity index (χ2v) is 6.60. The number of carbonyl (C=O) groups excluding carboxylic acids is 1. The van der Waals surface area contributed by atoms with Gasteiger partial charge in [-0.15, -0.1) is 0 Å².